The predicted molar refractivity (Wildman–Crippen MR) is 77.8 cm³/mol. The highest BCUT2D eigenvalue weighted by molar-refractivity contribution is 7.11. The van der Waals surface area contributed by atoms with Gasteiger partial charge in [-0.1, -0.05) is 18.2 Å². The Morgan fingerprint density at radius 3 is 2.89 bits per heavy atom. The summed E-state index contributed by atoms with van der Waals surface area (Å²) in [4.78, 5) is 5.92. The Balaban J connectivity index is 1.78. The Labute approximate surface area is 117 Å². The van der Waals surface area contributed by atoms with Crippen molar-refractivity contribution >= 4 is 11.3 Å². The van der Waals surface area contributed by atoms with Crippen molar-refractivity contribution in [1.29, 1.82) is 0 Å². The van der Waals surface area contributed by atoms with Gasteiger partial charge in [-0.15, -0.1) is 11.3 Å². The molecule has 0 aliphatic carbocycles. The van der Waals surface area contributed by atoms with Crippen LogP contribution in [0, 0.1) is 13.8 Å². The molecule has 1 aromatic heterocycles. The number of rotatable bonds is 3. The lowest BCUT2D eigenvalue weighted by molar-refractivity contribution is 0.300. The number of nitrogens with zero attached hydrogens (tertiary/aromatic N) is 1. The minimum Gasteiger partial charge on any atom is -0.491 e. The molecule has 1 aliphatic heterocycles. The van der Waals surface area contributed by atoms with E-state index in [1.54, 1.807) is 11.3 Å². The number of nitrogens with one attached hydrogen (secondary N) is 1. The number of para-hydroxylation sites is 1. The van der Waals surface area contributed by atoms with Gasteiger partial charge in [-0.05, 0) is 26.8 Å². The molecule has 3 nitrogen and oxygen atoms in total. The van der Waals surface area contributed by atoms with Crippen LogP contribution in [0.15, 0.2) is 24.3 Å². The van der Waals surface area contributed by atoms with Crippen LogP contribution in [-0.2, 0) is 0 Å². The molecule has 2 heterocycles. The summed E-state index contributed by atoms with van der Waals surface area (Å²) < 4.78 is 5.70. The predicted octanol–water partition coefficient (Wildman–Crippen LogP) is 3.54. The average Bonchev–Trinajstić information content (AvgIpc) is 2.94. The summed E-state index contributed by atoms with van der Waals surface area (Å²) in [5, 5.41) is 4.75. The van der Waals surface area contributed by atoms with Crippen LogP contribution in [-0.4, -0.2) is 11.6 Å². The number of thiazole rings is 1. The standard InChI is InChI=1S/C15H18N2OS/c1-9(15-10(2)19-11(3)17-15)16-13-8-18-14-7-5-4-6-12(13)14/h4-7,9,13,16H,8H2,1-3H3. The van der Waals surface area contributed by atoms with Gasteiger partial charge in [0.05, 0.1) is 16.7 Å². The maximum absolute atomic E-state index is 5.70. The first kappa shape index (κ1) is 12.6. The first-order valence-corrected chi connectivity index (χ1v) is 7.38. The van der Waals surface area contributed by atoms with Crippen LogP contribution in [0.25, 0.3) is 0 Å². The van der Waals surface area contributed by atoms with E-state index in [1.807, 2.05) is 12.1 Å². The van der Waals surface area contributed by atoms with Crippen LogP contribution in [0.3, 0.4) is 0 Å². The summed E-state index contributed by atoms with van der Waals surface area (Å²) in [5.41, 5.74) is 2.41. The zero-order valence-electron chi connectivity index (χ0n) is 11.4. The van der Waals surface area contributed by atoms with Crippen molar-refractivity contribution in [3.05, 3.63) is 45.4 Å². The summed E-state index contributed by atoms with van der Waals surface area (Å²) in [6.45, 7) is 7.06. The average molecular weight is 274 g/mol. The molecule has 0 saturated carbocycles. The van der Waals surface area contributed by atoms with Gasteiger partial charge in [0.25, 0.3) is 0 Å². The van der Waals surface area contributed by atoms with Gasteiger partial charge in [0, 0.05) is 16.5 Å². The summed E-state index contributed by atoms with van der Waals surface area (Å²) in [6.07, 6.45) is 0. The Kier molecular flexibility index (Phi) is 3.29. The molecule has 0 bridgehead atoms. The van der Waals surface area contributed by atoms with E-state index in [0.29, 0.717) is 6.61 Å². The highest BCUT2D eigenvalue weighted by atomic mass is 32.1. The number of aryl methyl sites for hydroxylation is 2. The first-order valence-electron chi connectivity index (χ1n) is 6.57. The molecule has 19 heavy (non-hydrogen) atoms. The fourth-order valence-electron chi connectivity index (χ4n) is 2.63. The topological polar surface area (TPSA) is 34.2 Å². The number of aromatic nitrogens is 1. The monoisotopic (exact) mass is 274 g/mol. The summed E-state index contributed by atoms with van der Waals surface area (Å²) in [7, 11) is 0. The fraction of sp³-hybridized carbons (Fsp3) is 0.400. The highest BCUT2D eigenvalue weighted by Gasteiger charge is 2.26. The van der Waals surface area contributed by atoms with Crippen molar-refractivity contribution in [2.45, 2.75) is 32.9 Å². The van der Waals surface area contributed by atoms with Gasteiger partial charge >= 0.3 is 0 Å². The molecule has 0 spiro atoms. The Hall–Kier alpha value is -1.39. The molecule has 2 unspecified atom stereocenters. The van der Waals surface area contributed by atoms with Crippen LogP contribution >= 0.6 is 11.3 Å². The normalized spacial score (nSPS) is 19.0. The second-order valence-corrected chi connectivity index (χ2v) is 6.37. The molecule has 2 aromatic rings. The molecule has 0 radical (unpaired) electrons. The summed E-state index contributed by atoms with van der Waals surface area (Å²) in [6, 6.07) is 8.73. The molecule has 4 heteroatoms. The molecule has 100 valence electrons. The molecular weight excluding hydrogens is 256 g/mol. The van der Waals surface area contributed by atoms with E-state index in [9.17, 15) is 0 Å². The Morgan fingerprint density at radius 2 is 2.16 bits per heavy atom. The fourth-order valence-corrected chi connectivity index (χ4v) is 3.54. The maximum Gasteiger partial charge on any atom is 0.124 e. The zero-order valence-corrected chi connectivity index (χ0v) is 12.3. The number of ether oxygens (including phenoxy) is 1. The smallest absolute Gasteiger partial charge is 0.124 e. The van der Waals surface area contributed by atoms with Gasteiger partial charge in [0.2, 0.25) is 0 Å². The third-order valence-electron chi connectivity index (χ3n) is 3.50. The van der Waals surface area contributed by atoms with Gasteiger partial charge in [0.1, 0.15) is 12.4 Å². The van der Waals surface area contributed by atoms with Crippen molar-refractivity contribution in [2.24, 2.45) is 0 Å². The lowest BCUT2D eigenvalue weighted by Gasteiger charge is -2.18. The van der Waals surface area contributed by atoms with Gasteiger partial charge in [-0.2, -0.15) is 0 Å². The Morgan fingerprint density at radius 1 is 1.37 bits per heavy atom. The quantitative estimate of drug-likeness (QED) is 0.929. The minimum absolute atomic E-state index is 0.240. The number of hydrogen-bond acceptors (Lipinski definition) is 4. The van der Waals surface area contributed by atoms with Gasteiger partial charge in [-0.3, -0.25) is 5.32 Å². The number of hydrogen-bond donors (Lipinski definition) is 1. The molecule has 1 N–H and O–H groups in total. The molecule has 0 fully saturated rings. The van der Waals surface area contributed by atoms with Crippen molar-refractivity contribution in [3.8, 4) is 5.75 Å². The van der Waals surface area contributed by atoms with Gasteiger partial charge in [-0.25, -0.2) is 4.98 Å². The van der Waals surface area contributed by atoms with Crippen LogP contribution in [0.5, 0.6) is 5.75 Å². The van der Waals surface area contributed by atoms with Crippen molar-refractivity contribution < 1.29 is 4.74 Å². The van der Waals surface area contributed by atoms with E-state index >= 15 is 0 Å². The van der Waals surface area contributed by atoms with E-state index in [1.165, 1.54) is 10.4 Å². The lowest BCUT2D eigenvalue weighted by Crippen LogP contribution is -2.26. The van der Waals surface area contributed by atoms with Crippen molar-refractivity contribution in [2.75, 3.05) is 6.61 Å². The van der Waals surface area contributed by atoms with E-state index in [-0.39, 0.29) is 12.1 Å². The highest BCUT2D eigenvalue weighted by Crippen LogP contribution is 2.34. The third-order valence-corrected chi connectivity index (χ3v) is 4.40. The van der Waals surface area contributed by atoms with Gasteiger partial charge < -0.3 is 4.74 Å². The molecule has 3 rings (SSSR count). The SMILES string of the molecule is Cc1nc(C(C)NC2COc3ccccc32)c(C)s1. The van der Waals surface area contributed by atoms with Crippen LogP contribution in [0.2, 0.25) is 0 Å². The zero-order chi connectivity index (χ0) is 13.4. The molecule has 1 aromatic carbocycles. The maximum atomic E-state index is 5.70. The molecular formula is C15H18N2OS. The van der Waals surface area contributed by atoms with E-state index in [2.05, 4.69) is 43.2 Å². The number of benzene rings is 1. The third kappa shape index (κ3) is 2.38. The van der Waals surface area contributed by atoms with Crippen LogP contribution in [0.1, 0.15) is 40.1 Å². The second kappa shape index (κ2) is 4.94. The molecule has 2 atom stereocenters. The van der Waals surface area contributed by atoms with E-state index in [0.717, 1.165) is 16.5 Å². The largest absolute Gasteiger partial charge is 0.491 e. The molecule has 1 aliphatic rings. The summed E-state index contributed by atoms with van der Waals surface area (Å²) in [5.74, 6) is 0.999. The first-order chi connectivity index (χ1) is 9.15. The minimum atomic E-state index is 0.240. The van der Waals surface area contributed by atoms with Crippen LogP contribution < -0.4 is 10.1 Å². The molecule has 0 saturated heterocycles. The van der Waals surface area contributed by atoms with Crippen molar-refractivity contribution in [3.63, 3.8) is 0 Å². The second-order valence-electron chi connectivity index (χ2n) is 4.96. The Bertz CT molecular complexity index is 594. The lowest BCUT2D eigenvalue weighted by atomic mass is 10.1. The van der Waals surface area contributed by atoms with E-state index < -0.39 is 0 Å². The van der Waals surface area contributed by atoms with Crippen LogP contribution in [0.4, 0.5) is 0 Å². The molecule has 0 amide bonds. The summed E-state index contributed by atoms with van der Waals surface area (Å²) >= 11 is 1.76. The van der Waals surface area contributed by atoms with E-state index in [4.69, 9.17) is 4.74 Å². The number of fused-ring (bicyclic) bond motifs is 1. The van der Waals surface area contributed by atoms with Crippen molar-refractivity contribution in [1.82, 2.24) is 10.3 Å². The van der Waals surface area contributed by atoms with Gasteiger partial charge in [0.15, 0.2) is 0 Å².